The van der Waals surface area contributed by atoms with Crippen LogP contribution < -0.4 is 0 Å². The van der Waals surface area contributed by atoms with Crippen LogP contribution in [0.3, 0.4) is 0 Å². The molecular formula is C9H8ClF3O4S2. The first kappa shape index (κ1) is 16.3. The summed E-state index contributed by atoms with van der Waals surface area (Å²) in [5.41, 5.74) is -5.57. The zero-order chi connectivity index (χ0) is 14.9. The number of sulfone groups is 2. The SMILES string of the molecule is O=S(=O)(CCCl)c1ccccc1S(=O)(=O)C(F)(F)F. The van der Waals surface area contributed by atoms with Crippen molar-refractivity contribution < 1.29 is 30.0 Å². The van der Waals surface area contributed by atoms with Crippen molar-refractivity contribution in [2.45, 2.75) is 15.3 Å². The molecule has 0 bridgehead atoms. The highest BCUT2D eigenvalue weighted by atomic mass is 35.5. The van der Waals surface area contributed by atoms with Crippen LogP contribution in [0.1, 0.15) is 0 Å². The molecule has 0 N–H and O–H groups in total. The molecule has 0 saturated heterocycles. The second-order valence-electron chi connectivity index (χ2n) is 3.40. The van der Waals surface area contributed by atoms with E-state index in [-0.39, 0.29) is 5.88 Å². The van der Waals surface area contributed by atoms with Gasteiger partial charge in [-0.3, -0.25) is 0 Å². The quantitative estimate of drug-likeness (QED) is 0.789. The first-order valence-electron chi connectivity index (χ1n) is 4.73. The zero-order valence-corrected chi connectivity index (χ0v) is 11.6. The third-order valence-electron chi connectivity index (χ3n) is 2.12. The third kappa shape index (κ3) is 3.21. The van der Waals surface area contributed by atoms with E-state index in [1.54, 1.807) is 0 Å². The Bertz CT molecular complexity index is 665. The molecule has 10 heteroatoms. The molecule has 0 spiro atoms. The van der Waals surface area contributed by atoms with Crippen LogP contribution in [-0.2, 0) is 19.7 Å². The van der Waals surface area contributed by atoms with Gasteiger partial charge in [0.25, 0.3) is 9.84 Å². The molecule has 0 heterocycles. The molecule has 0 radical (unpaired) electrons. The highest BCUT2D eigenvalue weighted by Gasteiger charge is 2.48. The lowest BCUT2D eigenvalue weighted by Gasteiger charge is -2.12. The molecule has 0 aliphatic carbocycles. The third-order valence-corrected chi connectivity index (χ3v) is 5.98. The van der Waals surface area contributed by atoms with Gasteiger partial charge in [-0.15, -0.1) is 11.6 Å². The minimum Gasteiger partial charge on any atom is -0.224 e. The molecule has 0 aromatic heterocycles. The van der Waals surface area contributed by atoms with Gasteiger partial charge in [-0.2, -0.15) is 13.2 Å². The van der Waals surface area contributed by atoms with Crippen molar-refractivity contribution in [3.8, 4) is 0 Å². The van der Waals surface area contributed by atoms with E-state index in [2.05, 4.69) is 0 Å². The molecule has 1 rings (SSSR count). The minimum absolute atomic E-state index is 0.358. The molecule has 0 aliphatic heterocycles. The smallest absolute Gasteiger partial charge is 0.224 e. The van der Waals surface area contributed by atoms with Crippen molar-refractivity contribution in [2.75, 3.05) is 11.6 Å². The van der Waals surface area contributed by atoms with Crippen LogP contribution in [0.25, 0.3) is 0 Å². The lowest BCUT2D eigenvalue weighted by molar-refractivity contribution is -0.0437. The summed E-state index contributed by atoms with van der Waals surface area (Å²) >= 11 is 5.24. The fourth-order valence-corrected chi connectivity index (χ4v) is 4.51. The number of hydrogen-bond donors (Lipinski definition) is 0. The van der Waals surface area contributed by atoms with Crippen LogP contribution in [-0.4, -0.2) is 34.0 Å². The Morgan fingerprint density at radius 1 is 1.00 bits per heavy atom. The van der Waals surface area contributed by atoms with Gasteiger partial charge in [0.15, 0.2) is 9.84 Å². The molecule has 19 heavy (non-hydrogen) atoms. The van der Waals surface area contributed by atoms with Gasteiger partial charge in [0.05, 0.1) is 15.5 Å². The minimum atomic E-state index is -5.73. The molecule has 0 atom stereocenters. The topological polar surface area (TPSA) is 68.3 Å². The molecule has 1 aromatic carbocycles. The van der Waals surface area contributed by atoms with E-state index >= 15 is 0 Å². The highest BCUT2D eigenvalue weighted by Crippen LogP contribution is 2.34. The fourth-order valence-electron chi connectivity index (χ4n) is 1.27. The Morgan fingerprint density at radius 2 is 1.47 bits per heavy atom. The van der Waals surface area contributed by atoms with E-state index in [9.17, 15) is 30.0 Å². The first-order chi connectivity index (χ1) is 8.54. The van der Waals surface area contributed by atoms with Gasteiger partial charge in [-0.25, -0.2) is 16.8 Å². The standard InChI is InChI=1S/C9H8ClF3O4S2/c10-5-6-18(14,15)7-3-1-2-4-8(7)19(16,17)9(11,12)13/h1-4H,5-6H2. The maximum absolute atomic E-state index is 12.5. The normalized spacial score (nSPS) is 13.5. The van der Waals surface area contributed by atoms with Crippen LogP contribution in [0, 0.1) is 0 Å². The van der Waals surface area contributed by atoms with Crippen LogP contribution >= 0.6 is 11.6 Å². The molecule has 0 saturated carbocycles. The number of rotatable bonds is 4. The molecule has 0 amide bonds. The van der Waals surface area contributed by atoms with Crippen LogP contribution in [0.15, 0.2) is 34.1 Å². The van der Waals surface area contributed by atoms with Crippen LogP contribution in [0.2, 0.25) is 0 Å². The maximum Gasteiger partial charge on any atom is 0.501 e. The Kier molecular flexibility index (Phi) is 4.53. The lowest BCUT2D eigenvalue weighted by atomic mass is 10.4. The van der Waals surface area contributed by atoms with Gasteiger partial charge < -0.3 is 0 Å². The van der Waals surface area contributed by atoms with Crippen molar-refractivity contribution >= 4 is 31.3 Å². The number of halogens is 4. The Hall–Kier alpha value is -0.800. The van der Waals surface area contributed by atoms with E-state index in [1.165, 1.54) is 0 Å². The van der Waals surface area contributed by atoms with Crippen molar-refractivity contribution in [3.05, 3.63) is 24.3 Å². The predicted octanol–water partition coefficient (Wildman–Crippen LogP) is 1.99. The Balaban J connectivity index is 3.59. The monoisotopic (exact) mass is 336 g/mol. The summed E-state index contributed by atoms with van der Waals surface area (Å²) in [4.78, 5) is -2.18. The van der Waals surface area contributed by atoms with E-state index in [1.807, 2.05) is 0 Å². The van der Waals surface area contributed by atoms with Gasteiger partial charge in [-0.1, -0.05) is 12.1 Å². The van der Waals surface area contributed by atoms with Crippen molar-refractivity contribution in [1.29, 1.82) is 0 Å². The number of benzene rings is 1. The summed E-state index contributed by atoms with van der Waals surface area (Å²) in [6.07, 6.45) is 0. The average molecular weight is 337 g/mol. The summed E-state index contributed by atoms with van der Waals surface area (Å²) in [7, 11) is -9.93. The predicted molar refractivity (Wildman–Crippen MR) is 62.5 cm³/mol. The van der Waals surface area contributed by atoms with Gasteiger partial charge in [0.2, 0.25) is 0 Å². The van der Waals surface area contributed by atoms with E-state index in [0.717, 1.165) is 18.2 Å². The first-order valence-corrected chi connectivity index (χ1v) is 8.40. The number of alkyl halides is 4. The molecule has 108 valence electrons. The van der Waals surface area contributed by atoms with E-state index in [4.69, 9.17) is 11.6 Å². The second kappa shape index (κ2) is 5.29. The molecule has 4 nitrogen and oxygen atoms in total. The molecule has 0 aliphatic rings. The van der Waals surface area contributed by atoms with Crippen molar-refractivity contribution in [2.24, 2.45) is 0 Å². The zero-order valence-electron chi connectivity index (χ0n) is 9.18. The Morgan fingerprint density at radius 3 is 1.89 bits per heavy atom. The summed E-state index contributed by atoms with van der Waals surface area (Å²) in [5, 5.41) is 0. The molecule has 0 unspecified atom stereocenters. The molecule has 0 fully saturated rings. The van der Waals surface area contributed by atoms with Gasteiger partial charge >= 0.3 is 5.51 Å². The summed E-state index contributed by atoms with van der Waals surface area (Å²) < 4.78 is 83.4. The number of hydrogen-bond acceptors (Lipinski definition) is 4. The van der Waals surface area contributed by atoms with Gasteiger partial charge in [0, 0.05) is 5.88 Å². The highest BCUT2D eigenvalue weighted by molar-refractivity contribution is 7.95. The molecular weight excluding hydrogens is 329 g/mol. The second-order valence-corrected chi connectivity index (χ2v) is 7.77. The van der Waals surface area contributed by atoms with E-state index in [0.29, 0.717) is 6.07 Å². The van der Waals surface area contributed by atoms with Gasteiger partial charge in [-0.05, 0) is 12.1 Å². The Labute approximate surface area is 113 Å². The fraction of sp³-hybridized carbons (Fsp3) is 0.333. The maximum atomic E-state index is 12.5. The van der Waals surface area contributed by atoms with Crippen molar-refractivity contribution in [1.82, 2.24) is 0 Å². The molecule has 1 aromatic rings. The average Bonchev–Trinajstić information content (AvgIpc) is 2.27. The van der Waals surface area contributed by atoms with Crippen molar-refractivity contribution in [3.63, 3.8) is 0 Å². The summed E-state index contributed by atoms with van der Waals surface area (Å²) in [5.74, 6) is -1.01. The van der Waals surface area contributed by atoms with Crippen LogP contribution in [0.4, 0.5) is 13.2 Å². The summed E-state index contributed by atoms with van der Waals surface area (Å²) in [6, 6.07) is 3.55. The summed E-state index contributed by atoms with van der Waals surface area (Å²) in [6.45, 7) is 0. The van der Waals surface area contributed by atoms with Crippen LogP contribution in [0.5, 0.6) is 0 Å². The largest absolute Gasteiger partial charge is 0.501 e. The lowest BCUT2D eigenvalue weighted by Crippen LogP contribution is -2.25. The van der Waals surface area contributed by atoms with Gasteiger partial charge in [0.1, 0.15) is 0 Å². The van der Waals surface area contributed by atoms with E-state index < -0.39 is 40.7 Å².